The number of allylic oxidation sites excluding steroid dienone is 3. The maximum absolute atomic E-state index is 11.3. The van der Waals surface area contributed by atoms with Crippen molar-refractivity contribution in [2.45, 2.75) is 39.2 Å². The lowest BCUT2D eigenvalue weighted by Gasteiger charge is -2.27. The van der Waals surface area contributed by atoms with E-state index in [0.717, 1.165) is 5.57 Å². The van der Waals surface area contributed by atoms with Gasteiger partial charge in [0.1, 0.15) is 11.4 Å². The summed E-state index contributed by atoms with van der Waals surface area (Å²) in [7, 11) is 0. The van der Waals surface area contributed by atoms with Crippen LogP contribution in [0.1, 0.15) is 33.6 Å². The second-order valence-electron chi connectivity index (χ2n) is 5.94. The number of esters is 1. The number of ether oxygens (including phenoxy) is 2. The second kappa shape index (κ2) is 10.2. The van der Waals surface area contributed by atoms with Crippen molar-refractivity contribution in [2.75, 3.05) is 6.61 Å². The Morgan fingerprint density at radius 2 is 1.96 bits per heavy atom. The fourth-order valence-electron chi connectivity index (χ4n) is 2.14. The first kappa shape index (κ1) is 21.2. The first-order valence-electron chi connectivity index (χ1n) is 8.38. The molecule has 6 heteroatoms. The Morgan fingerprint density at radius 3 is 2.50 bits per heavy atom. The van der Waals surface area contributed by atoms with Crippen LogP contribution < -0.4 is 4.74 Å². The van der Waals surface area contributed by atoms with E-state index in [1.54, 1.807) is 31.2 Å². The fraction of sp³-hybridized carbons (Fsp3) is 0.350. The zero-order valence-electron chi connectivity index (χ0n) is 15.4. The van der Waals surface area contributed by atoms with Gasteiger partial charge in [0.05, 0.1) is 11.5 Å². The standard InChI is InChI=1S/C20H25NO5/c1-5-20(4,26-18-12-10-17(11-13-18)21(23)24)15-7-8-16(3)9-14-19(22)25-6-2/h5,8-14H,1,6-7,15H2,2-4H3/b14-9+,16-8+/t20-/m0/s1. The van der Waals surface area contributed by atoms with Crippen LogP contribution in [0, 0.1) is 10.1 Å². The summed E-state index contributed by atoms with van der Waals surface area (Å²) in [5.74, 6) is 0.179. The number of nitro benzene ring substituents is 1. The molecule has 0 fully saturated rings. The molecular formula is C20H25NO5. The number of nitrogens with zero attached hydrogens (tertiary/aromatic N) is 1. The van der Waals surface area contributed by atoms with Crippen LogP contribution in [0.25, 0.3) is 0 Å². The molecule has 1 atom stereocenters. The molecule has 1 rings (SSSR count). The van der Waals surface area contributed by atoms with Crippen molar-refractivity contribution in [1.29, 1.82) is 0 Å². The number of carbonyl (C=O) groups is 1. The van der Waals surface area contributed by atoms with Crippen molar-refractivity contribution in [2.24, 2.45) is 0 Å². The highest BCUT2D eigenvalue weighted by Crippen LogP contribution is 2.26. The maximum Gasteiger partial charge on any atom is 0.330 e. The molecule has 1 aromatic carbocycles. The predicted molar refractivity (Wildman–Crippen MR) is 101 cm³/mol. The maximum atomic E-state index is 11.3. The molecule has 0 aliphatic carbocycles. The van der Waals surface area contributed by atoms with Crippen LogP contribution in [0.2, 0.25) is 0 Å². The van der Waals surface area contributed by atoms with Crippen LogP contribution in [0.4, 0.5) is 5.69 Å². The third-order valence-electron chi connectivity index (χ3n) is 3.71. The van der Waals surface area contributed by atoms with Gasteiger partial charge in [-0.1, -0.05) is 24.3 Å². The molecule has 6 nitrogen and oxygen atoms in total. The van der Waals surface area contributed by atoms with Gasteiger partial charge in [0, 0.05) is 18.2 Å². The van der Waals surface area contributed by atoms with E-state index in [1.165, 1.54) is 18.2 Å². The number of hydrogen-bond acceptors (Lipinski definition) is 5. The minimum absolute atomic E-state index is 0.0181. The third kappa shape index (κ3) is 7.34. The van der Waals surface area contributed by atoms with Gasteiger partial charge in [-0.3, -0.25) is 10.1 Å². The summed E-state index contributed by atoms with van der Waals surface area (Å²) in [5, 5.41) is 10.7. The van der Waals surface area contributed by atoms with Crippen molar-refractivity contribution < 1.29 is 19.2 Å². The minimum Gasteiger partial charge on any atom is -0.484 e. The van der Waals surface area contributed by atoms with Crippen molar-refractivity contribution in [1.82, 2.24) is 0 Å². The van der Waals surface area contributed by atoms with Gasteiger partial charge in [-0.15, -0.1) is 0 Å². The van der Waals surface area contributed by atoms with E-state index < -0.39 is 10.5 Å². The van der Waals surface area contributed by atoms with E-state index in [1.807, 2.05) is 19.9 Å². The van der Waals surface area contributed by atoms with Crippen molar-refractivity contribution in [3.8, 4) is 5.75 Å². The lowest BCUT2D eigenvalue weighted by molar-refractivity contribution is -0.384. The zero-order chi connectivity index (χ0) is 19.6. The van der Waals surface area contributed by atoms with Gasteiger partial charge in [-0.2, -0.15) is 0 Å². The van der Waals surface area contributed by atoms with E-state index in [4.69, 9.17) is 9.47 Å². The molecule has 0 N–H and O–H groups in total. The highest BCUT2D eigenvalue weighted by molar-refractivity contribution is 5.82. The first-order chi connectivity index (χ1) is 12.3. The minimum atomic E-state index is -0.613. The van der Waals surface area contributed by atoms with E-state index in [2.05, 4.69) is 6.58 Å². The zero-order valence-corrected chi connectivity index (χ0v) is 15.4. The number of carbonyl (C=O) groups excluding carboxylic acids is 1. The van der Waals surface area contributed by atoms with E-state index in [-0.39, 0.29) is 11.7 Å². The predicted octanol–water partition coefficient (Wildman–Crippen LogP) is 4.76. The Balaban J connectivity index is 2.64. The lowest BCUT2D eigenvalue weighted by Crippen LogP contribution is -2.29. The molecule has 0 unspecified atom stereocenters. The number of rotatable bonds is 10. The molecule has 140 valence electrons. The molecule has 0 amide bonds. The van der Waals surface area contributed by atoms with Gasteiger partial charge in [-0.25, -0.2) is 4.79 Å². The summed E-state index contributed by atoms with van der Waals surface area (Å²) >= 11 is 0. The quantitative estimate of drug-likeness (QED) is 0.150. The van der Waals surface area contributed by atoms with E-state index in [0.29, 0.717) is 25.2 Å². The van der Waals surface area contributed by atoms with Crippen molar-refractivity contribution >= 4 is 11.7 Å². The molecule has 0 heterocycles. The van der Waals surface area contributed by atoms with E-state index >= 15 is 0 Å². The summed E-state index contributed by atoms with van der Waals surface area (Å²) in [5.41, 5.74) is 0.349. The monoisotopic (exact) mass is 359 g/mol. The van der Waals surface area contributed by atoms with Crippen molar-refractivity contribution in [3.63, 3.8) is 0 Å². The first-order valence-corrected chi connectivity index (χ1v) is 8.38. The van der Waals surface area contributed by atoms with Gasteiger partial charge in [0.25, 0.3) is 5.69 Å². The second-order valence-corrected chi connectivity index (χ2v) is 5.94. The Morgan fingerprint density at radius 1 is 1.31 bits per heavy atom. The molecule has 0 aromatic heterocycles. The van der Waals surface area contributed by atoms with Crippen LogP contribution in [0.5, 0.6) is 5.75 Å². The van der Waals surface area contributed by atoms with Crippen molar-refractivity contribution in [3.05, 3.63) is 70.8 Å². The molecule has 1 aromatic rings. The molecule has 0 aliphatic heterocycles. The third-order valence-corrected chi connectivity index (χ3v) is 3.71. The molecule has 0 saturated carbocycles. The Hall–Kier alpha value is -2.89. The topological polar surface area (TPSA) is 78.7 Å². The SMILES string of the molecule is C=C[C@@](C)(CC/C=C(C)/C=C/C(=O)OCC)Oc1ccc([N+](=O)[O-])cc1. The summed E-state index contributed by atoms with van der Waals surface area (Å²) in [6.07, 6.45) is 8.20. The average molecular weight is 359 g/mol. The highest BCUT2D eigenvalue weighted by Gasteiger charge is 2.21. The molecule has 0 bridgehead atoms. The van der Waals surface area contributed by atoms with Crippen LogP contribution >= 0.6 is 0 Å². The molecule has 26 heavy (non-hydrogen) atoms. The van der Waals surface area contributed by atoms with Crippen LogP contribution in [0.15, 0.2) is 60.7 Å². The van der Waals surface area contributed by atoms with Gasteiger partial charge >= 0.3 is 5.97 Å². The van der Waals surface area contributed by atoms with Gasteiger partial charge in [-0.05, 0) is 51.8 Å². The Labute approximate surface area is 154 Å². The van der Waals surface area contributed by atoms with Gasteiger partial charge < -0.3 is 9.47 Å². The average Bonchev–Trinajstić information content (AvgIpc) is 2.60. The number of nitro groups is 1. The fourth-order valence-corrected chi connectivity index (χ4v) is 2.14. The van der Waals surface area contributed by atoms with Crippen LogP contribution in [0.3, 0.4) is 0 Å². The summed E-state index contributed by atoms with van der Waals surface area (Å²) in [4.78, 5) is 21.5. The van der Waals surface area contributed by atoms with Gasteiger partial charge in [0.2, 0.25) is 0 Å². The lowest BCUT2D eigenvalue weighted by atomic mass is 9.99. The van der Waals surface area contributed by atoms with Crippen LogP contribution in [-0.2, 0) is 9.53 Å². The molecule has 0 aliphatic rings. The normalized spacial score (nSPS) is 13.9. The summed E-state index contributed by atoms with van der Waals surface area (Å²) in [6.45, 7) is 9.74. The van der Waals surface area contributed by atoms with E-state index in [9.17, 15) is 14.9 Å². The highest BCUT2D eigenvalue weighted by atomic mass is 16.6. The molecule has 0 radical (unpaired) electrons. The molecule has 0 spiro atoms. The number of benzene rings is 1. The summed E-state index contributed by atoms with van der Waals surface area (Å²) < 4.78 is 10.8. The Bertz CT molecular complexity index is 691. The smallest absolute Gasteiger partial charge is 0.330 e. The van der Waals surface area contributed by atoms with Crippen LogP contribution in [-0.4, -0.2) is 23.1 Å². The molecule has 0 saturated heterocycles. The summed E-state index contributed by atoms with van der Waals surface area (Å²) in [6, 6.07) is 5.96. The Kier molecular flexibility index (Phi) is 8.28. The van der Waals surface area contributed by atoms with Gasteiger partial charge in [0.15, 0.2) is 0 Å². The largest absolute Gasteiger partial charge is 0.484 e. The number of hydrogen-bond donors (Lipinski definition) is 0. The number of non-ortho nitro benzene ring substituents is 1. The molecular weight excluding hydrogens is 334 g/mol.